The lowest BCUT2D eigenvalue weighted by Gasteiger charge is -2.14. The summed E-state index contributed by atoms with van der Waals surface area (Å²) in [5.74, 6) is 2.02. The number of methoxy groups -OCH3 is 1. The molecule has 0 fully saturated rings. The number of rotatable bonds is 10. The summed E-state index contributed by atoms with van der Waals surface area (Å²) in [6.45, 7) is 4.42. The van der Waals surface area contributed by atoms with Crippen LogP contribution in [0, 0.1) is 0 Å². The standard InChI is InChI=1S/C26H26N4O6/c1-4-34-20-11-12-22(35-5-2)21(14-20)27-23(31)16-30-15-18(8-13-24(30)32)26-28-25(29-36-26)17-6-9-19(33-3)10-7-17/h6-15H,4-5,16H2,1-3H3,(H,27,31). The molecule has 0 aliphatic heterocycles. The molecule has 0 unspecified atom stereocenters. The number of carbonyl (C=O) groups excluding carboxylic acids is 1. The Balaban J connectivity index is 1.52. The van der Waals surface area contributed by atoms with Gasteiger partial charge in [0.1, 0.15) is 23.8 Å². The molecule has 4 rings (SSSR count). The van der Waals surface area contributed by atoms with Gasteiger partial charge in [-0.15, -0.1) is 0 Å². The van der Waals surface area contributed by atoms with Gasteiger partial charge in [0.15, 0.2) is 0 Å². The lowest BCUT2D eigenvalue weighted by atomic mass is 10.2. The summed E-state index contributed by atoms with van der Waals surface area (Å²) in [5, 5.41) is 6.82. The van der Waals surface area contributed by atoms with E-state index in [1.54, 1.807) is 43.5 Å². The Morgan fingerprint density at radius 1 is 0.972 bits per heavy atom. The largest absolute Gasteiger partial charge is 0.497 e. The Labute approximate surface area is 207 Å². The van der Waals surface area contributed by atoms with Gasteiger partial charge in [0, 0.05) is 23.9 Å². The second kappa shape index (κ2) is 11.2. The molecule has 0 spiro atoms. The van der Waals surface area contributed by atoms with Crippen LogP contribution in [-0.2, 0) is 11.3 Å². The van der Waals surface area contributed by atoms with Gasteiger partial charge in [-0.25, -0.2) is 0 Å². The maximum Gasteiger partial charge on any atom is 0.259 e. The molecule has 0 atom stereocenters. The van der Waals surface area contributed by atoms with Gasteiger partial charge in [-0.2, -0.15) is 4.98 Å². The Bertz CT molecular complexity index is 1390. The van der Waals surface area contributed by atoms with E-state index in [2.05, 4.69) is 15.5 Å². The molecule has 1 amide bonds. The van der Waals surface area contributed by atoms with Gasteiger partial charge < -0.3 is 28.6 Å². The van der Waals surface area contributed by atoms with Crippen molar-refractivity contribution in [3.8, 4) is 40.1 Å². The van der Waals surface area contributed by atoms with Crippen LogP contribution in [0.2, 0.25) is 0 Å². The molecule has 2 heterocycles. The van der Waals surface area contributed by atoms with Crippen molar-refractivity contribution < 1.29 is 23.5 Å². The Hall–Kier alpha value is -4.60. The first-order valence-electron chi connectivity index (χ1n) is 11.4. The Kier molecular flexibility index (Phi) is 7.64. The fourth-order valence-electron chi connectivity index (χ4n) is 3.47. The molecule has 0 bridgehead atoms. The van der Waals surface area contributed by atoms with E-state index in [0.29, 0.717) is 47.5 Å². The Morgan fingerprint density at radius 3 is 2.42 bits per heavy atom. The molecule has 2 aromatic carbocycles. The van der Waals surface area contributed by atoms with E-state index in [1.165, 1.54) is 16.8 Å². The molecule has 10 nitrogen and oxygen atoms in total. The van der Waals surface area contributed by atoms with E-state index in [0.717, 1.165) is 5.56 Å². The number of aromatic nitrogens is 3. The van der Waals surface area contributed by atoms with E-state index < -0.39 is 5.91 Å². The number of nitrogens with one attached hydrogen (secondary N) is 1. The molecule has 1 N–H and O–H groups in total. The number of hydrogen-bond donors (Lipinski definition) is 1. The zero-order valence-corrected chi connectivity index (χ0v) is 20.2. The third-order valence-corrected chi connectivity index (χ3v) is 5.15. The minimum atomic E-state index is -0.409. The van der Waals surface area contributed by atoms with Crippen molar-refractivity contribution in [3.63, 3.8) is 0 Å². The summed E-state index contributed by atoms with van der Waals surface area (Å²) >= 11 is 0. The molecule has 10 heteroatoms. The number of benzene rings is 2. The summed E-state index contributed by atoms with van der Waals surface area (Å²) in [5.41, 5.74) is 1.36. The van der Waals surface area contributed by atoms with Crippen molar-refractivity contribution in [2.45, 2.75) is 20.4 Å². The van der Waals surface area contributed by atoms with Crippen LogP contribution < -0.4 is 25.1 Å². The number of nitrogens with zero attached hydrogens (tertiary/aromatic N) is 3. The van der Waals surface area contributed by atoms with Crippen LogP contribution in [0.1, 0.15) is 13.8 Å². The predicted octanol–water partition coefficient (Wildman–Crippen LogP) is 4.01. The first-order valence-corrected chi connectivity index (χ1v) is 11.4. The van der Waals surface area contributed by atoms with Crippen LogP contribution in [0.4, 0.5) is 5.69 Å². The van der Waals surface area contributed by atoms with Crippen LogP contribution in [0.25, 0.3) is 22.8 Å². The molecular weight excluding hydrogens is 464 g/mol. The summed E-state index contributed by atoms with van der Waals surface area (Å²) in [6.07, 6.45) is 1.51. The monoisotopic (exact) mass is 490 g/mol. The van der Waals surface area contributed by atoms with Crippen LogP contribution in [0.3, 0.4) is 0 Å². The highest BCUT2D eigenvalue weighted by molar-refractivity contribution is 5.92. The lowest BCUT2D eigenvalue weighted by molar-refractivity contribution is -0.116. The van der Waals surface area contributed by atoms with Crippen molar-refractivity contribution in [1.29, 1.82) is 0 Å². The number of carbonyl (C=O) groups is 1. The normalized spacial score (nSPS) is 10.6. The fourth-order valence-corrected chi connectivity index (χ4v) is 3.47. The third-order valence-electron chi connectivity index (χ3n) is 5.15. The maximum absolute atomic E-state index is 12.8. The van der Waals surface area contributed by atoms with E-state index in [1.807, 2.05) is 26.0 Å². The van der Waals surface area contributed by atoms with Gasteiger partial charge >= 0.3 is 0 Å². The molecule has 0 saturated heterocycles. The predicted molar refractivity (Wildman–Crippen MR) is 133 cm³/mol. The van der Waals surface area contributed by atoms with Gasteiger partial charge in [0.2, 0.25) is 11.7 Å². The molecule has 0 radical (unpaired) electrons. The number of pyridine rings is 1. The molecule has 0 aliphatic carbocycles. The second-order valence-corrected chi connectivity index (χ2v) is 7.61. The zero-order chi connectivity index (χ0) is 25.5. The summed E-state index contributed by atoms with van der Waals surface area (Å²) in [4.78, 5) is 29.7. The van der Waals surface area contributed by atoms with Gasteiger partial charge in [-0.05, 0) is 56.3 Å². The molecular formula is C26H26N4O6. The fraction of sp³-hybridized carbons (Fsp3) is 0.231. The molecule has 36 heavy (non-hydrogen) atoms. The van der Waals surface area contributed by atoms with Gasteiger partial charge in [-0.1, -0.05) is 5.16 Å². The Morgan fingerprint density at radius 2 is 1.69 bits per heavy atom. The van der Waals surface area contributed by atoms with Gasteiger partial charge in [0.25, 0.3) is 11.4 Å². The molecule has 186 valence electrons. The van der Waals surface area contributed by atoms with Crippen LogP contribution in [-0.4, -0.2) is 40.9 Å². The van der Waals surface area contributed by atoms with Crippen molar-refractivity contribution in [1.82, 2.24) is 14.7 Å². The highest BCUT2D eigenvalue weighted by atomic mass is 16.5. The van der Waals surface area contributed by atoms with E-state index in [9.17, 15) is 9.59 Å². The zero-order valence-electron chi connectivity index (χ0n) is 20.2. The number of ether oxygens (including phenoxy) is 3. The van der Waals surface area contributed by atoms with Crippen molar-refractivity contribution in [2.75, 3.05) is 25.6 Å². The first-order chi connectivity index (χ1) is 17.5. The molecule has 2 aromatic heterocycles. The van der Waals surface area contributed by atoms with Gasteiger partial charge in [-0.3, -0.25) is 9.59 Å². The van der Waals surface area contributed by atoms with E-state index >= 15 is 0 Å². The van der Waals surface area contributed by atoms with E-state index in [4.69, 9.17) is 18.7 Å². The van der Waals surface area contributed by atoms with Crippen molar-refractivity contribution in [3.05, 3.63) is 71.1 Å². The molecule has 4 aromatic rings. The SMILES string of the molecule is CCOc1ccc(OCC)c(NC(=O)Cn2cc(-c3nc(-c4ccc(OC)cc4)no3)ccc2=O)c1. The minimum Gasteiger partial charge on any atom is -0.497 e. The quantitative estimate of drug-likeness (QED) is 0.354. The second-order valence-electron chi connectivity index (χ2n) is 7.61. The highest BCUT2D eigenvalue weighted by Gasteiger charge is 2.15. The minimum absolute atomic E-state index is 0.220. The average molecular weight is 491 g/mol. The van der Waals surface area contributed by atoms with Crippen LogP contribution in [0.5, 0.6) is 17.2 Å². The van der Waals surface area contributed by atoms with Crippen molar-refractivity contribution in [2.24, 2.45) is 0 Å². The average Bonchev–Trinajstić information content (AvgIpc) is 3.38. The maximum atomic E-state index is 12.8. The summed E-state index contributed by atoms with van der Waals surface area (Å²) < 4.78 is 23.0. The lowest BCUT2D eigenvalue weighted by Crippen LogP contribution is -2.27. The third kappa shape index (κ3) is 5.72. The summed E-state index contributed by atoms with van der Waals surface area (Å²) in [7, 11) is 1.59. The number of anilines is 1. The van der Waals surface area contributed by atoms with Crippen LogP contribution >= 0.6 is 0 Å². The number of hydrogen-bond acceptors (Lipinski definition) is 8. The highest BCUT2D eigenvalue weighted by Crippen LogP contribution is 2.29. The van der Waals surface area contributed by atoms with E-state index in [-0.39, 0.29) is 18.0 Å². The van der Waals surface area contributed by atoms with Crippen molar-refractivity contribution >= 4 is 11.6 Å². The topological polar surface area (TPSA) is 118 Å². The molecule has 0 aliphatic rings. The number of amides is 1. The van der Waals surface area contributed by atoms with Crippen LogP contribution in [0.15, 0.2) is 70.1 Å². The summed E-state index contributed by atoms with van der Waals surface area (Å²) in [6, 6.07) is 15.3. The molecule has 0 saturated carbocycles. The van der Waals surface area contributed by atoms with Gasteiger partial charge in [0.05, 0.1) is 31.6 Å². The smallest absolute Gasteiger partial charge is 0.259 e. The first kappa shape index (κ1) is 24.5.